The van der Waals surface area contributed by atoms with Crippen LogP contribution in [-0.2, 0) is 13.2 Å². The fourth-order valence-corrected chi connectivity index (χ4v) is 6.60. The van der Waals surface area contributed by atoms with E-state index in [4.69, 9.17) is 16.6 Å². The molecule has 5 nitrogen and oxygen atoms in total. The molecule has 1 saturated heterocycles. The Hall–Kier alpha value is -2.86. The first-order valence-electron chi connectivity index (χ1n) is 14.1. The molecule has 0 radical (unpaired) electrons. The molecule has 2 aromatic carbocycles. The summed E-state index contributed by atoms with van der Waals surface area (Å²) in [7, 11) is 0. The molecule has 0 spiro atoms. The summed E-state index contributed by atoms with van der Waals surface area (Å²) in [5.74, 6) is 0.656. The number of likely N-dealkylation sites (N-methyl/N-ethyl adjacent to an activating group) is 1. The molecule has 2 fully saturated rings. The highest BCUT2D eigenvalue weighted by molar-refractivity contribution is 6.37. The Kier molecular flexibility index (Phi) is 7.42. The van der Waals surface area contributed by atoms with Crippen molar-refractivity contribution in [3.63, 3.8) is 0 Å². The number of anilines is 1. The minimum atomic E-state index is 0.0346. The molecule has 6 rings (SSSR count). The third-order valence-electron chi connectivity index (χ3n) is 8.56. The number of hydrogen-bond acceptors (Lipinski definition) is 4. The van der Waals surface area contributed by atoms with Crippen LogP contribution >= 0.6 is 11.6 Å². The number of halogens is 1. The number of aliphatic hydroxyl groups excluding tert-OH is 1. The molecule has 4 aromatic rings. The van der Waals surface area contributed by atoms with E-state index in [0.29, 0.717) is 5.92 Å². The minimum absolute atomic E-state index is 0.0346. The van der Waals surface area contributed by atoms with Crippen molar-refractivity contribution in [3.05, 3.63) is 71.4 Å². The second kappa shape index (κ2) is 11.1. The van der Waals surface area contributed by atoms with Crippen LogP contribution < -0.4 is 4.90 Å². The Morgan fingerprint density at radius 1 is 0.895 bits per heavy atom. The van der Waals surface area contributed by atoms with Crippen LogP contribution in [0.15, 0.2) is 60.8 Å². The second-order valence-corrected chi connectivity index (χ2v) is 11.2. The van der Waals surface area contributed by atoms with Gasteiger partial charge in [0.05, 0.1) is 17.3 Å². The van der Waals surface area contributed by atoms with Crippen molar-refractivity contribution in [1.82, 2.24) is 14.5 Å². The van der Waals surface area contributed by atoms with Gasteiger partial charge in [-0.15, -0.1) is 0 Å². The van der Waals surface area contributed by atoms with Crippen LogP contribution in [0.1, 0.15) is 38.2 Å². The molecule has 2 aliphatic rings. The number of benzene rings is 2. The molecule has 6 heteroatoms. The summed E-state index contributed by atoms with van der Waals surface area (Å²) in [4.78, 5) is 9.89. The number of aliphatic hydroxyl groups is 1. The van der Waals surface area contributed by atoms with E-state index in [1.54, 1.807) is 0 Å². The van der Waals surface area contributed by atoms with E-state index in [1.165, 1.54) is 42.6 Å². The molecule has 38 heavy (non-hydrogen) atoms. The zero-order chi connectivity index (χ0) is 26.1. The summed E-state index contributed by atoms with van der Waals surface area (Å²) in [6, 6.07) is 19.2. The van der Waals surface area contributed by atoms with Crippen molar-refractivity contribution in [2.24, 2.45) is 5.92 Å². The number of pyridine rings is 1. The van der Waals surface area contributed by atoms with Crippen molar-refractivity contribution in [2.45, 2.75) is 45.8 Å². The summed E-state index contributed by atoms with van der Waals surface area (Å²) < 4.78 is 2.43. The van der Waals surface area contributed by atoms with Crippen molar-refractivity contribution >= 4 is 28.3 Å². The average Bonchev–Trinajstić information content (AvgIpc) is 3.60. The number of nitrogens with zero attached hydrogens (tertiary/aromatic N) is 4. The minimum Gasteiger partial charge on any atom is -0.392 e. The molecule has 1 aliphatic carbocycles. The molecule has 1 aliphatic heterocycles. The molecule has 0 bridgehead atoms. The van der Waals surface area contributed by atoms with E-state index in [1.807, 2.05) is 24.4 Å². The third kappa shape index (κ3) is 4.84. The van der Waals surface area contributed by atoms with E-state index in [9.17, 15) is 5.11 Å². The van der Waals surface area contributed by atoms with E-state index in [2.05, 4.69) is 57.7 Å². The number of aromatic nitrogens is 2. The maximum atomic E-state index is 9.63. The van der Waals surface area contributed by atoms with Gasteiger partial charge in [-0.1, -0.05) is 67.8 Å². The van der Waals surface area contributed by atoms with Gasteiger partial charge in [-0.3, -0.25) is 0 Å². The molecular weight excluding hydrogens is 492 g/mol. The Morgan fingerprint density at radius 3 is 2.24 bits per heavy atom. The topological polar surface area (TPSA) is 44.5 Å². The average molecular weight is 529 g/mol. The summed E-state index contributed by atoms with van der Waals surface area (Å²) in [6.45, 7) is 8.72. The highest BCUT2D eigenvalue weighted by atomic mass is 35.5. The predicted octanol–water partition coefficient (Wildman–Crippen LogP) is 6.85. The maximum absolute atomic E-state index is 9.63. The Bertz CT molecular complexity index is 1380. The highest BCUT2D eigenvalue weighted by Gasteiger charge is 2.26. The van der Waals surface area contributed by atoms with E-state index >= 15 is 0 Å². The van der Waals surface area contributed by atoms with Gasteiger partial charge in [-0.25, -0.2) is 4.98 Å². The number of piperazine rings is 1. The van der Waals surface area contributed by atoms with Crippen molar-refractivity contribution < 1.29 is 5.11 Å². The first-order valence-corrected chi connectivity index (χ1v) is 14.5. The van der Waals surface area contributed by atoms with Gasteiger partial charge in [0.1, 0.15) is 5.65 Å². The number of rotatable bonds is 7. The molecule has 0 unspecified atom stereocenters. The maximum Gasteiger partial charge on any atom is 0.142 e. The van der Waals surface area contributed by atoms with Gasteiger partial charge in [0, 0.05) is 55.6 Å². The Labute approximate surface area is 230 Å². The van der Waals surface area contributed by atoms with Gasteiger partial charge in [0.25, 0.3) is 0 Å². The smallest absolute Gasteiger partial charge is 0.142 e. The first-order chi connectivity index (χ1) is 18.7. The first kappa shape index (κ1) is 25.4. The van der Waals surface area contributed by atoms with Crippen LogP contribution in [0.25, 0.3) is 33.4 Å². The van der Waals surface area contributed by atoms with Gasteiger partial charge in [0.2, 0.25) is 0 Å². The monoisotopic (exact) mass is 528 g/mol. The molecule has 1 saturated carbocycles. The summed E-state index contributed by atoms with van der Waals surface area (Å²) >= 11 is 6.91. The lowest BCUT2D eigenvalue weighted by atomic mass is 9.97. The van der Waals surface area contributed by atoms with Gasteiger partial charge in [-0.05, 0) is 60.2 Å². The summed E-state index contributed by atoms with van der Waals surface area (Å²) in [5.41, 5.74) is 7.75. The highest BCUT2D eigenvalue weighted by Crippen LogP contribution is 2.44. The van der Waals surface area contributed by atoms with Gasteiger partial charge in [0.15, 0.2) is 0 Å². The van der Waals surface area contributed by atoms with Crippen LogP contribution in [0.4, 0.5) is 5.69 Å². The van der Waals surface area contributed by atoms with Gasteiger partial charge < -0.3 is 19.5 Å². The lowest BCUT2D eigenvalue weighted by Crippen LogP contribution is -2.46. The lowest BCUT2D eigenvalue weighted by molar-refractivity contribution is 0.271. The molecule has 3 heterocycles. The van der Waals surface area contributed by atoms with Crippen LogP contribution in [0.2, 0.25) is 5.02 Å². The molecule has 1 N–H and O–H groups in total. The van der Waals surface area contributed by atoms with E-state index < -0.39 is 0 Å². The SMILES string of the molecule is CCN1CCN(c2ccc(-c3c(-c4ccc(CO)cc4)c4c(Cl)ccnc4n3CC3CCCC3)cc2)CC1. The van der Waals surface area contributed by atoms with Gasteiger partial charge >= 0.3 is 0 Å². The predicted molar refractivity (Wildman–Crippen MR) is 158 cm³/mol. The van der Waals surface area contributed by atoms with Crippen molar-refractivity contribution in [3.8, 4) is 22.4 Å². The normalized spacial score (nSPS) is 17.1. The van der Waals surface area contributed by atoms with Gasteiger partial charge in [-0.2, -0.15) is 0 Å². The van der Waals surface area contributed by atoms with Crippen molar-refractivity contribution in [1.29, 1.82) is 0 Å². The van der Waals surface area contributed by atoms with Crippen LogP contribution in [0.5, 0.6) is 0 Å². The molecule has 2 aromatic heterocycles. The molecule has 198 valence electrons. The largest absolute Gasteiger partial charge is 0.392 e. The Morgan fingerprint density at radius 2 is 1.58 bits per heavy atom. The zero-order valence-electron chi connectivity index (χ0n) is 22.2. The number of fused-ring (bicyclic) bond motifs is 1. The van der Waals surface area contributed by atoms with E-state index in [-0.39, 0.29) is 6.61 Å². The molecule has 0 atom stereocenters. The van der Waals surface area contributed by atoms with E-state index in [0.717, 1.165) is 72.0 Å². The zero-order valence-corrected chi connectivity index (χ0v) is 23.0. The summed E-state index contributed by atoms with van der Waals surface area (Å²) in [5, 5.41) is 11.4. The summed E-state index contributed by atoms with van der Waals surface area (Å²) in [6.07, 6.45) is 6.98. The molecular formula is C32H37ClN4O. The second-order valence-electron chi connectivity index (χ2n) is 10.8. The van der Waals surface area contributed by atoms with Crippen molar-refractivity contribution in [2.75, 3.05) is 37.6 Å². The lowest BCUT2D eigenvalue weighted by Gasteiger charge is -2.35. The standard InChI is InChI=1S/C32H37ClN4O/c1-2-35-17-19-36(20-18-35)27-13-11-26(12-14-27)31-29(25-9-7-24(22-38)8-10-25)30-28(33)15-16-34-32(30)37(31)21-23-5-3-4-6-23/h7-16,23,38H,2-6,17-22H2,1H3. The van der Waals surface area contributed by atoms with Crippen LogP contribution in [-0.4, -0.2) is 52.3 Å². The molecule has 0 amide bonds. The quantitative estimate of drug-likeness (QED) is 0.285. The third-order valence-corrected chi connectivity index (χ3v) is 8.87. The fraction of sp³-hybridized carbons (Fsp3) is 0.406. The fourth-order valence-electron chi connectivity index (χ4n) is 6.36. The van der Waals surface area contributed by atoms with Crippen LogP contribution in [0, 0.1) is 5.92 Å². The van der Waals surface area contributed by atoms with Crippen LogP contribution in [0.3, 0.4) is 0 Å². The number of hydrogen-bond donors (Lipinski definition) is 1. The Balaban J connectivity index is 1.48.